The maximum Gasteiger partial charge on any atom is 0.417 e. The zero-order chi connectivity index (χ0) is 19.6. The number of benzene rings is 1. The van der Waals surface area contributed by atoms with Crippen molar-refractivity contribution in [3.05, 3.63) is 29.3 Å². The second-order valence-corrected chi connectivity index (χ2v) is 10.0. The third-order valence-corrected chi connectivity index (χ3v) is 9.06. The molecule has 2 bridgehead atoms. The summed E-state index contributed by atoms with van der Waals surface area (Å²) in [6.07, 6.45) is -0.104. The van der Waals surface area contributed by atoms with E-state index in [1.165, 1.54) is 10.4 Å². The van der Waals surface area contributed by atoms with Crippen LogP contribution in [0.4, 0.5) is 18.9 Å². The molecular formula is C19H23F3N2O2S. The maximum atomic E-state index is 13.4. The lowest BCUT2D eigenvalue weighted by Crippen LogP contribution is -2.35. The summed E-state index contributed by atoms with van der Waals surface area (Å²) in [4.78, 5) is 0. The topological polar surface area (TPSA) is 67.5 Å². The predicted octanol–water partition coefficient (Wildman–Crippen LogP) is 5.65. The highest BCUT2D eigenvalue weighted by atomic mass is 32.3. The van der Waals surface area contributed by atoms with Crippen LogP contribution in [0.15, 0.2) is 18.2 Å². The van der Waals surface area contributed by atoms with Crippen LogP contribution in [0.1, 0.15) is 50.2 Å². The zero-order valence-corrected chi connectivity index (χ0v) is 15.8. The SMILES string of the molecule is CCC[C@@H]1[C@H]2[C@H]3CC[C@H](C3)[C@H]2S(O)(O)N1c1ccc(C#N)c(C(F)(F)F)c1. The van der Waals surface area contributed by atoms with Gasteiger partial charge < -0.3 is 0 Å². The van der Waals surface area contributed by atoms with E-state index in [9.17, 15) is 22.3 Å². The molecule has 0 unspecified atom stereocenters. The Labute approximate surface area is 158 Å². The molecule has 8 heteroatoms. The van der Waals surface area contributed by atoms with Crippen LogP contribution in [0, 0.1) is 29.1 Å². The summed E-state index contributed by atoms with van der Waals surface area (Å²) < 4.78 is 64.0. The minimum absolute atomic E-state index is 0.124. The van der Waals surface area contributed by atoms with Gasteiger partial charge in [0.1, 0.15) is 0 Å². The first kappa shape index (κ1) is 18.9. The summed E-state index contributed by atoms with van der Waals surface area (Å²) >= 11 is 0. The summed E-state index contributed by atoms with van der Waals surface area (Å²) in [5, 5.41) is 8.78. The van der Waals surface area contributed by atoms with Gasteiger partial charge in [-0.25, -0.2) is 0 Å². The minimum atomic E-state index is -4.67. The van der Waals surface area contributed by atoms with E-state index >= 15 is 0 Å². The highest BCUT2D eigenvalue weighted by Crippen LogP contribution is 2.72. The molecule has 2 saturated carbocycles. The van der Waals surface area contributed by atoms with Crippen molar-refractivity contribution in [3.8, 4) is 6.07 Å². The number of rotatable bonds is 3. The molecule has 2 aliphatic carbocycles. The molecule has 1 saturated heterocycles. The van der Waals surface area contributed by atoms with Gasteiger partial charge in [-0.1, -0.05) is 13.3 Å². The summed E-state index contributed by atoms with van der Waals surface area (Å²) in [6.45, 7) is 2.00. The van der Waals surface area contributed by atoms with Gasteiger partial charge in [0.2, 0.25) is 0 Å². The van der Waals surface area contributed by atoms with Gasteiger partial charge >= 0.3 is 6.18 Å². The quantitative estimate of drug-likeness (QED) is 0.688. The molecule has 27 heavy (non-hydrogen) atoms. The van der Waals surface area contributed by atoms with Crippen molar-refractivity contribution >= 4 is 16.5 Å². The molecule has 0 amide bonds. The van der Waals surface area contributed by atoms with Gasteiger partial charge in [-0.15, -0.1) is 10.8 Å². The molecule has 3 aliphatic rings. The third kappa shape index (κ3) is 2.74. The fourth-order valence-corrected chi connectivity index (χ4v) is 8.64. The number of anilines is 1. The van der Waals surface area contributed by atoms with Crippen molar-refractivity contribution in [2.75, 3.05) is 4.31 Å². The van der Waals surface area contributed by atoms with Crippen molar-refractivity contribution in [1.82, 2.24) is 0 Å². The lowest BCUT2D eigenvalue weighted by Gasteiger charge is -2.45. The van der Waals surface area contributed by atoms with Crippen LogP contribution < -0.4 is 4.31 Å². The van der Waals surface area contributed by atoms with Gasteiger partial charge in [0.25, 0.3) is 0 Å². The average Bonchev–Trinajstić information content (AvgIpc) is 3.26. The Kier molecular flexibility index (Phi) is 4.41. The van der Waals surface area contributed by atoms with E-state index in [2.05, 4.69) is 0 Å². The normalized spacial score (nSPS) is 35.1. The molecule has 0 aromatic heterocycles. The van der Waals surface area contributed by atoms with E-state index in [1.807, 2.05) is 6.92 Å². The smallest absolute Gasteiger partial charge is 0.281 e. The van der Waals surface area contributed by atoms with E-state index in [0.717, 1.165) is 37.8 Å². The van der Waals surface area contributed by atoms with Gasteiger partial charge in [0.05, 0.1) is 34.2 Å². The molecule has 5 atom stereocenters. The Morgan fingerprint density at radius 1 is 1.26 bits per heavy atom. The van der Waals surface area contributed by atoms with E-state index < -0.39 is 28.1 Å². The Morgan fingerprint density at radius 2 is 1.96 bits per heavy atom. The number of nitrogens with zero attached hydrogens (tertiary/aromatic N) is 2. The summed E-state index contributed by atoms with van der Waals surface area (Å²) in [6, 6.07) is 4.89. The molecule has 1 heterocycles. The van der Waals surface area contributed by atoms with Crippen LogP contribution >= 0.6 is 10.8 Å². The van der Waals surface area contributed by atoms with Crippen molar-refractivity contribution in [2.24, 2.45) is 17.8 Å². The van der Waals surface area contributed by atoms with Crippen molar-refractivity contribution in [1.29, 1.82) is 5.26 Å². The first-order valence-electron chi connectivity index (χ1n) is 9.38. The largest absolute Gasteiger partial charge is 0.417 e. The van der Waals surface area contributed by atoms with Gasteiger partial charge in [-0.05, 0) is 55.7 Å². The Balaban J connectivity index is 1.81. The standard InChI is InChI=1S/C19H23F3N2O2S/c1-2-3-16-17-11-4-5-12(8-11)18(17)27(25,26)24(16)14-7-6-13(10-23)15(9-14)19(20,21)22/h6-7,9,11-12,16-18,25-26H,2-5,8H2,1H3/t11-,12+,16+,17+,18+/m0/s1. The Hall–Kier alpha value is -1.43. The van der Waals surface area contributed by atoms with Crippen LogP contribution in [-0.2, 0) is 6.18 Å². The van der Waals surface area contributed by atoms with E-state index in [4.69, 9.17) is 5.26 Å². The fourth-order valence-electron chi connectivity index (χ4n) is 5.73. The van der Waals surface area contributed by atoms with E-state index in [0.29, 0.717) is 12.3 Å². The lowest BCUT2D eigenvalue weighted by atomic mass is 9.81. The summed E-state index contributed by atoms with van der Waals surface area (Å²) in [7, 11) is -3.22. The number of hydrogen-bond donors (Lipinski definition) is 2. The Bertz CT molecular complexity index is 792. The molecule has 148 valence electrons. The van der Waals surface area contributed by atoms with E-state index in [-0.39, 0.29) is 28.8 Å². The highest BCUT2D eigenvalue weighted by molar-refractivity contribution is 8.26. The second-order valence-electron chi connectivity index (χ2n) is 7.96. The lowest BCUT2D eigenvalue weighted by molar-refractivity contribution is -0.137. The molecule has 4 nitrogen and oxygen atoms in total. The van der Waals surface area contributed by atoms with Gasteiger partial charge in [0, 0.05) is 5.92 Å². The number of hydrogen-bond acceptors (Lipinski definition) is 4. The van der Waals surface area contributed by atoms with Crippen LogP contribution in [0.3, 0.4) is 0 Å². The van der Waals surface area contributed by atoms with Gasteiger partial charge in [-0.2, -0.15) is 18.4 Å². The molecule has 0 radical (unpaired) electrons. The molecule has 4 rings (SSSR count). The summed E-state index contributed by atoms with van der Waals surface area (Å²) in [5.74, 6) is 0.793. The minimum Gasteiger partial charge on any atom is -0.281 e. The molecule has 2 N–H and O–H groups in total. The van der Waals surface area contributed by atoms with Crippen LogP contribution in [0.2, 0.25) is 0 Å². The van der Waals surface area contributed by atoms with Crippen LogP contribution in [0.5, 0.6) is 0 Å². The number of alkyl halides is 3. The van der Waals surface area contributed by atoms with Crippen molar-refractivity contribution in [3.63, 3.8) is 0 Å². The Morgan fingerprint density at radius 3 is 2.59 bits per heavy atom. The average molecular weight is 400 g/mol. The molecule has 1 aromatic carbocycles. The van der Waals surface area contributed by atoms with E-state index in [1.54, 1.807) is 6.07 Å². The van der Waals surface area contributed by atoms with Gasteiger partial charge in [0.15, 0.2) is 0 Å². The number of halogens is 3. The second kappa shape index (κ2) is 6.29. The maximum absolute atomic E-state index is 13.4. The third-order valence-electron chi connectivity index (χ3n) is 6.57. The number of nitriles is 1. The first-order chi connectivity index (χ1) is 12.7. The van der Waals surface area contributed by atoms with Crippen molar-refractivity contribution in [2.45, 2.75) is 56.5 Å². The van der Waals surface area contributed by atoms with Crippen LogP contribution in [0.25, 0.3) is 0 Å². The summed E-state index contributed by atoms with van der Waals surface area (Å²) in [5.41, 5.74) is -1.31. The zero-order valence-electron chi connectivity index (χ0n) is 15.0. The highest BCUT2D eigenvalue weighted by Gasteiger charge is 2.63. The number of fused-ring (bicyclic) bond motifs is 5. The van der Waals surface area contributed by atoms with Crippen molar-refractivity contribution < 1.29 is 22.3 Å². The first-order valence-corrected chi connectivity index (χ1v) is 10.9. The predicted molar refractivity (Wildman–Crippen MR) is 98.3 cm³/mol. The molecule has 1 aliphatic heterocycles. The van der Waals surface area contributed by atoms with Crippen LogP contribution in [-0.4, -0.2) is 20.4 Å². The monoisotopic (exact) mass is 400 g/mol. The van der Waals surface area contributed by atoms with Gasteiger partial charge in [-0.3, -0.25) is 13.4 Å². The molecular weight excluding hydrogens is 377 g/mol. The molecule has 3 fully saturated rings. The fraction of sp³-hybridized carbons (Fsp3) is 0.632. The molecule has 1 aromatic rings. The molecule has 0 spiro atoms.